The molecule has 0 atom stereocenters. The van der Waals surface area contributed by atoms with Crippen LogP contribution in [0.3, 0.4) is 0 Å². The zero-order valence-corrected chi connectivity index (χ0v) is 12.3. The van der Waals surface area contributed by atoms with Gasteiger partial charge in [-0.1, -0.05) is 24.6 Å². The number of nitrogens with zero attached hydrogens (tertiary/aromatic N) is 1. The Morgan fingerprint density at radius 1 is 1.27 bits per heavy atom. The number of hydrogen-bond donors (Lipinski definition) is 1. The van der Waals surface area contributed by atoms with Gasteiger partial charge in [-0.3, -0.25) is 0 Å². The standard InChI is InChI=1S/C18H18N2O2/c19-12-14(18(21)22-16-7-2-1-3-8-16)11-15-10-13-6-4-5-9-17(13)20-15/h4-6,9-11,16,20H,1-3,7-8H2/b14-11+. The van der Waals surface area contributed by atoms with Gasteiger partial charge in [-0.2, -0.15) is 5.26 Å². The van der Waals surface area contributed by atoms with Gasteiger partial charge in [0.15, 0.2) is 0 Å². The zero-order valence-electron chi connectivity index (χ0n) is 12.3. The van der Waals surface area contributed by atoms with Gasteiger partial charge in [-0.15, -0.1) is 0 Å². The Hall–Kier alpha value is -2.54. The molecule has 1 fully saturated rings. The number of nitriles is 1. The number of nitrogens with one attached hydrogen (secondary N) is 1. The Balaban J connectivity index is 1.77. The van der Waals surface area contributed by atoms with E-state index in [4.69, 9.17) is 4.74 Å². The number of esters is 1. The normalized spacial score (nSPS) is 16.4. The molecule has 4 heteroatoms. The molecule has 0 unspecified atom stereocenters. The quantitative estimate of drug-likeness (QED) is 0.529. The molecule has 3 rings (SSSR count). The third kappa shape index (κ3) is 3.20. The minimum atomic E-state index is -0.520. The zero-order chi connectivity index (χ0) is 15.4. The van der Waals surface area contributed by atoms with Crippen molar-refractivity contribution in [3.8, 4) is 6.07 Å². The molecular weight excluding hydrogens is 276 g/mol. The molecular formula is C18H18N2O2. The fourth-order valence-corrected chi connectivity index (χ4v) is 2.86. The van der Waals surface area contributed by atoms with Crippen molar-refractivity contribution in [2.75, 3.05) is 0 Å². The van der Waals surface area contributed by atoms with Crippen molar-refractivity contribution in [3.63, 3.8) is 0 Å². The first-order chi connectivity index (χ1) is 10.8. The van der Waals surface area contributed by atoms with Gasteiger partial charge < -0.3 is 9.72 Å². The van der Waals surface area contributed by atoms with Crippen LogP contribution in [0, 0.1) is 11.3 Å². The van der Waals surface area contributed by atoms with E-state index in [-0.39, 0.29) is 11.7 Å². The van der Waals surface area contributed by atoms with Crippen LogP contribution in [-0.2, 0) is 9.53 Å². The van der Waals surface area contributed by atoms with Crippen LogP contribution in [0.5, 0.6) is 0 Å². The summed E-state index contributed by atoms with van der Waals surface area (Å²) < 4.78 is 5.45. The van der Waals surface area contributed by atoms with Gasteiger partial charge in [0, 0.05) is 11.2 Å². The average molecular weight is 294 g/mol. The van der Waals surface area contributed by atoms with Gasteiger partial charge >= 0.3 is 5.97 Å². The minimum absolute atomic E-state index is 0.0390. The molecule has 1 aliphatic carbocycles. The van der Waals surface area contributed by atoms with Crippen molar-refractivity contribution < 1.29 is 9.53 Å². The lowest BCUT2D eigenvalue weighted by Gasteiger charge is -2.21. The van der Waals surface area contributed by atoms with E-state index >= 15 is 0 Å². The van der Waals surface area contributed by atoms with Crippen molar-refractivity contribution in [2.24, 2.45) is 0 Å². The van der Waals surface area contributed by atoms with E-state index in [1.165, 1.54) is 6.42 Å². The minimum Gasteiger partial charge on any atom is -0.458 e. The highest BCUT2D eigenvalue weighted by molar-refractivity contribution is 5.98. The van der Waals surface area contributed by atoms with E-state index in [1.54, 1.807) is 6.08 Å². The van der Waals surface area contributed by atoms with E-state index in [9.17, 15) is 10.1 Å². The summed E-state index contributed by atoms with van der Waals surface area (Å²) in [4.78, 5) is 15.3. The summed E-state index contributed by atoms with van der Waals surface area (Å²) in [6, 6.07) is 11.7. The molecule has 0 amide bonds. The first-order valence-electron chi connectivity index (χ1n) is 7.67. The van der Waals surface area contributed by atoms with Gasteiger partial charge in [0.25, 0.3) is 0 Å². The number of aromatic nitrogens is 1. The van der Waals surface area contributed by atoms with Crippen LogP contribution < -0.4 is 0 Å². The number of ether oxygens (including phenoxy) is 1. The SMILES string of the molecule is N#C/C(=C\c1cc2ccccc2[nH]1)C(=O)OC1CCCCC1. The molecule has 1 saturated carbocycles. The fraction of sp³-hybridized carbons (Fsp3) is 0.333. The lowest BCUT2D eigenvalue weighted by Crippen LogP contribution is -2.21. The van der Waals surface area contributed by atoms with E-state index < -0.39 is 5.97 Å². The number of carbonyl (C=O) groups excluding carboxylic acids is 1. The van der Waals surface area contributed by atoms with E-state index in [1.807, 2.05) is 36.4 Å². The van der Waals surface area contributed by atoms with Crippen molar-refractivity contribution in [1.29, 1.82) is 5.26 Å². The number of para-hydroxylation sites is 1. The largest absolute Gasteiger partial charge is 0.458 e. The summed E-state index contributed by atoms with van der Waals surface area (Å²) in [6.07, 6.45) is 6.70. The second kappa shape index (κ2) is 6.48. The van der Waals surface area contributed by atoms with Crippen LogP contribution in [0.15, 0.2) is 35.9 Å². The predicted octanol–water partition coefficient (Wildman–Crippen LogP) is 3.95. The van der Waals surface area contributed by atoms with E-state index in [2.05, 4.69) is 4.98 Å². The molecule has 4 nitrogen and oxygen atoms in total. The molecule has 2 aromatic rings. The summed E-state index contributed by atoms with van der Waals surface area (Å²) in [5, 5.41) is 10.3. The molecule has 1 N–H and O–H groups in total. The van der Waals surface area contributed by atoms with Gasteiger partial charge in [-0.05, 0) is 49.3 Å². The smallest absolute Gasteiger partial charge is 0.349 e. The average Bonchev–Trinajstić information content (AvgIpc) is 2.96. The Labute approximate surface area is 129 Å². The highest BCUT2D eigenvalue weighted by atomic mass is 16.5. The number of fused-ring (bicyclic) bond motifs is 1. The topological polar surface area (TPSA) is 65.9 Å². The Bertz CT molecular complexity index is 713. The molecule has 0 aliphatic heterocycles. The van der Waals surface area contributed by atoms with Crippen LogP contribution in [0.25, 0.3) is 17.0 Å². The van der Waals surface area contributed by atoms with Crippen LogP contribution >= 0.6 is 0 Å². The fourth-order valence-electron chi connectivity index (χ4n) is 2.86. The molecule has 0 spiro atoms. The lowest BCUT2D eigenvalue weighted by molar-refractivity contribution is -0.145. The molecule has 112 valence electrons. The molecule has 1 aromatic heterocycles. The van der Waals surface area contributed by atoms with Gasteiger partial charge in [0.1, 0.15) is 17.7 Å². The van der Waals surface area contributed by atoms with Gasteiger partial charge in [0.2, 0.25) is 0 Å². The Morgan fingerprint density at radius 2 is 2.05 bits per heavy atom. The van der Waals surface area contributed by atoms with Crippen LogP contribution in [-0.4, -0.2) is 17.1 Å². The summed E-state index contributed by atoms with van der Waals surface area (Å²) in [6.45, 7) is 0. The molecule has 1 aromatic carbocycles. The molecule has 1 aliphatic rings. The Kier molecular flexibility index (Phi) is 4.24. The maximum absolute atomic E-state index is 12.1. The maximum atomic E-state index is 12.1. The number of rotatable bonds is 3. The van der Waals surface area contributed by atoms with Crippen LogP contribution in [0.2, 0.25) is 0 Å². The number of carbonyl (C=O) groups is 1. The summed E-state index contributed by atoms with van der Waals surface area (Å²) >= 11 is 0. The number of aromatic amines is 1. The van der Waals surface area contributed by atoms with Gasteiger partial charge in [-0.25, -0.2) is 4.79 Å². The Morgan fingerprint density at radius 3 is 2.77 bits per heavy atom. The third-order valence-electron chi connectivity index (χ3n) is 4.02. The van der Waals surface area contributed by atoms with E-state index in [0.29, 0.717) is 0 Å². The van der Waals surface area contributed by atoms with E-state index in [0.717, 1.165) is 42.3 Å². The highest BCUT2D eigenvalue weighted by Gasteiger charge is 2.20. The van der Waals surface area contributed by atoms with Crippen LogP contribution in [0.1, 0.15) is 37.8 Å². The molecule has 0 saturated heterocycles. The molecule has 22 heavy (non-hydrogen) atoms. The third-order valence-corrected chi connectivity index (χ3v) is 4.02. The first kappa shape index (κ1) is 14.4. The van der Waals surface area contributed by atoms with Crippen molar-refractivity contribution in [2.45, 2.75) is 38.2 Å². The summed E-state index contributed by atoms with van der Waals surface area (Å²) in [5.41, 5.74) is 1.75. The van der Waals surface area contributed by atoms with Crippen molar-refractivity contribution >= 4 is 22.9 Å². The monoisotopic (exact) mass is 294 g/mol. The maximum Gasteiger partial charge on any atom is 0.349 e. The summed E-state index contributed by atoms with van der Waals surface area (Å²) in [7, 11) is 0. The second-order valence-corrected chi connectivity index (χ2v) is 5.65. The molecule has 0 bridgehead atoms. The second-order valence-electron chi connectivity index (χ2n) is 5.65. The lowest BCUT2D eigenvalue weighted by atomic mass is 9.98. The number of benzene rings is 1. The first-order valence-corrected chi connectivity index (χ1v) is 7.67. The highest BCUT2D eigenvalue weighted by Crippen LogP contribution is 2.22. The summed E-state index contributed by atoms with van der Waals surface area (Å²) in [5.74, 6) is -0.520. The van der Waals surface area contributed by atoms with Crippen molar-refractivity contribution in [3.05, 3.63) is 41.6 Å². The molecule has 0 radical (unpaired) electrons. The molecule has 1 heterocycles. The van der Waals surface area contributed by atoms with Crippen LogP contribution in [0.4, 0.5) is 0 Å². The number of hydrogen-bond acceptors (Lipinski definition) is 3. The van der Waals surface area contributed by atoms with Gasteiger partial charge in [0.05, 0.1) is 0 Å². The number of H-pyrrole nitrogens is 1. The van der Waals surface area contributed by atoms with Crippen molar-refractivity contribution in [1.82, 2.24) is 4.98 Å². The predicted molar refractivity (Wildman–Crippen MR) is 84.9 cm³/mol.